The number of fused-ring (bicyclic) bond motifs is 1. The first kappa shape index (κ1) is 21.0. The van der Waals surface area contributed by atoms with E-state index in [1.807, 2.05) is 11.0 Å². The molecule has 1 aromatic carbocycles. The average Bonchev–Trinajstić information content (AvgIpc) is 3.45. The molecule has 10 nitrogen and oxygen atoms in total. The van der Waals surface area contributed by atoms with E-state index in [1.165, 1.54) is 0 Å². The summed E-state index contributed by atoms with van der Waals surface area (Å²) < 4.78 is 10.7. The molecule has 3 amide bonds. The molecule has 5 rings (SSSR count). The van der Waals surface area contributed by atoms with Gasteiger partial charge in [0.1, 0.15) is 5.82 Å². The van der Waals surface area contributed by atoms with Crippen LogP contribution in [0.1, 0.15) is 19.3 Å². The molecule has 172 valence electrons. The van der Waals surface area contributed by atoms with Gasteiger partial charge >= 0.3 is 0 Å². The second kappa shape index (κ2) is 8.61. The highest BCUT2D eigenvalue weighted by atomic mass is 16.7. The van der Waals surface area contributed by atoms with Gasteiger partial charge in [0.15, 0.2) is 11.5 Å². The van der Waals surface area contributed by atoms with Crippen LogP contribution < -0.4 is 30.3 Å². The molecule has 0 radical (unpaired) electrons. The Kier molecular flexibility index (Phi) is 5.49. The van der Waals surface area contributed by atoms with Crippen LogP contribution in [0.2, 0.25) is 0 Å². The van der Waals surface area contributed by atoms with Crippen LogP contribution in [0, 0.1) is 11.8 Å². The molecule has 0 spiro atoms. The summed E-state index contributed by atoms with van der Waals surface area (Å²) >= 11 is 0. The maximum absolute atomic E-state index is 12.8. The first-order valence-electron chi connectivity index (χ1n) is 11.0. The van der Waals surface area contributed by atoms with Crippen LogP contribution >= 0.6 is 0 Å². The number of anilines is 3. The lowest BCUT2D eigenvalue weighted by atomic mass is 9.97. The Labute approximate surface area is 190 Å². The van der Waals surface area contributed by atoms with Gasteiger partial charge in [-0.2, -0.15) is 0 Å². The van der Waals surface area contributed by atoms with Gasteiger partial charge in [-0.25, -0.2) is 4.98 Å². The molecule has 2 fully saturated rings. The summed E-state index contributed by atoms with van der Waals surface area (Å²) in [4.78, 5) is 44.9. The first-order chi connectivity index (χ1) is 16.0. The number of carbonyl (C=O) groups is 3. The Bertz CT molecular complexity index is 1090. The van der Waals surface area contributed by atoms with Crippen LogP contribution in [0.3, 0.4) is 0 Å². The van der Waals surface area contributed by atoms with E-state index in [2.05, 4.69) is 10.3 Å². The highest BCUT2D eigenvalue weighted by Gasteiger charge is 2.36. The zero-order valence-corrected chi connectivity index (χ0v) is 18.0. The van der Waals surface area contributed by atoms with Crippen molar-refractivity contribution in [2.75, 3.05) is 41.5 Å². The van der Waals surface area contributed by atoms with Crippen LogP contribution in [0.25, 0.3) is 0 Å². The number of hydrogen-bond acceptors (Lipinski definition) is 7. The molecule has 2 atom stereocenters. The molecule has 3 aliphatic rings. The van der Waals surface area contributed by atoms with Crippen molar-refractivity contribution in [1.82, 2.24) is 4.98 Å². The summed E-state index contributed by atoms with van der Waals surface area (Å²) in [6.07, 6.45) is 3.40. The summed E-state index contributed by atoms with van der Waals surface area (Å²) in [7, 11) is 0. The molecule has 33 heavy (non-hydrogen) atoms. The van der Waals surface area contributed by atoms with Crippen LogP contribution in [-0.2, 0) is 14.4 Å². The normalized spacial score (nSPS) is 21.9. The van der Waals surface area contributed by atoms with Crippen molar-refractivity contribution in [3.63, 3.8) is 0 Å². The van der Waals surface area contributed by atoms with Crippen molar-refractivity contribution in [3.8, 4) is 11.5 Å². The Morgan fingerprint density at radius 1 is 1.09 bits per heavy atom. The van der Waals surface area contributed by atoms with Crippen LogP contribution in [0.15, 0.2) is 36.5 Å². The number of carbonyl (C=O) groups excluding carboxylic acids is 3. The molecule has 10 heteroatoms. The Hall–Kier alpha value is -3.82. The fourth-order valence-corrected chi connectivity index (χ4v) is 4.49. The van der Waals surface area contributed by atoms with E-state index in [4.69, 9.17) is 15.2 Å². The lowest BCUT2D eigenvalue weighted by Crippen LogP contribution is -2.41. The van der Waals surface area contributed by atoms with E-state index < -0.39 is 5.92 Å². The molecule has 0 saturated carbocycles. The summed E-state index contributed by atoms with van der Waals surface area (Å²) in [5, 5.41) is 2.86. The van der Waals surface area contributed by atoms with Gasteiger partial charge in [0.25, 0.3) is 0 Å². The van der Waals surface area contributed by atoms with Gasteiger partial charge in [0.2, 0.25) is 24.5 Å². The van der Waals surface area contributed by atoms with Gasteiger partial charge in [-0.15, -0.1) is 0 Å². The molecule has 0 bridgehead atoms. The second-order valence-electron chi connectivity index (χ2n) is 8.52. The quantitative estimate of drug-likeness (QED) is 0.705. The predicted molar refractivity (Wildman–Crippen MR) is 120 cm³/mol. The number of rotatable bonds is 5. The van der Waals surface area contributed by atoms with Gasteiger partial charge in [-0.05, 0) is 37.1 Å². The highest BCUT2D eigenvalue weighted by molar-refractivity contribution is 6.03. The predicted octanol–water partition coefficient (Wildman–Crippen LogP) is 1.50. The van der Waals surface area contributed by atoms with E-state index >= 15 is 0 Å². The third-order valence-electron chi connectivity index (χ3n) is 6.33. The summed E-state index contributed by atoms with van der Waals surface area (Å²) in [6.45, 7) is 1.81. The highest BCUT2D eigenvalue weighted by Crippen LogP contribution is 2.37. The number of piperidine rings is 1. The molecular formula is C23H25N5O5. The van der Waals surface area contributed by atoms with Gasteiger partial charge < -0.3 is 30.3 Å². The average molecular weight is 451 g/mol. The first-order valence-corrected chi connectivity index (χ1v) is 11.0. The Balaban J connectivity index is 1.20. The van der Waals surface area contributed by atoms with E-state index in [-0.39, 0.29) is 43.4 Å². The maximum Gasteiger partial charge on any atom is 0.231 e. The molecule has 3 N–H and O–H groups in total. The second-order valence-corrected chi connectivity index (χ2v) is 8.52. The molecular weight excluding hydrogens is 426 g/mol. The topological polar surface area (TPSA) is 127 Å². The fraction of sp³-hybridized carbons (Fsp3) is 0.391. The number of nitrogens with one attached hydrogen (secondary N) is 1. The largest absolute Gasteiger partial charge is 0.454 e. The number of amides is 3. The molecule has 0 aliphatic carbocycles. The zero-order valence-electron chi connectivity index (χ0n) is 18.0. The molecule has 2 unspecified atom stereocenters. The summed E-state index contributed by atoms with van der Waals surface area (Å²) in [6, 6.07) is 8.90. The number of ether oxygens (including phenoxy) is 2. The molecule has 4 heterocycles. The van der Waals surface area contributed by atoms with Crippen LogP contribution in [0.4, 0.5) is 17.2 Å². The van der Waals surface area contributed by atoms with E-state index in [9.17, 15) is 14.4 Å². The van der Waals surface area contributed by atoms with E-state index in [1.54, 1.807) is 35.4 Å². The van der Waals surface area contributed by atoms with Gasteiger partial charge in [-0.3, -0.25) is 14.4 Å². The lowest BCUT2D eigenvalue weighted by Gasteiger charge is -2.32. The van der Waals surface area contributed by atoms with Gasteiger partial charge in [-0.1, -0.05) is 0 Å². The Morgan fingerprint density at radius 2 is 1.94 bits per heavy atom. The summed E-state index contributed by atoms with van der Waals surface area (Å²) in [5.41, 5.74) is 6.69. The number of hydrogen-bond donors (Lipinski definition) is 2. The number of nitrogens with two attached hydrogens (primary N) is 1. The minimum atomic E-state index is -0.471. The van der Waals surface area contributed by atoms with Crippen molar-refractivity contribution in [3.05, 3.63) is 36.5 Å². The maximum atomic E-state index is 12.8. The standard InChI is InChI=1S/C23H25N5O5/c24-22(30)14-2-1-7-27(11-14)20-6-3-16(10-25-20)26-23(31)15-8-21(29)28(12-15)17-4-5-18-19(9-17)33-13-32-18/h3-6,9-10,14-15H,1-2,7-8,11-13H2,(H2,24,30)(H,26,31). The smallest absolute Gasteiger partial charge is 0.231 e. The van der Waals surface area contributed by atoms with Gasteiger partial charge in [0, 0.05) is 37.8 Å². The van der Waals surface area contributed by atoms with Crippen molar-refractivity contribution in [2.45, 2.75) is 19.3 Å². The van der Waals surface area contributed by atoms with Crippen molar-refractivity contribution < 1.29 is 23.9 Å². The monoisotopic (exact) mass is 451 g/mol. The van der Waals surface area contributed by atoms with Crippen molar-refractivity contribution in [2.24, 2.45) is 17.6 Å². The van der Waals surface area contributed by atoms with Crippen molar-refractivity contribution >= 4 is 34.9 Å². The lowest BCUT2D eigenvalue weighted by molar-refractivity contribution is -0.122. The third-order valence-corrected chi connectivity index (χ3v) is 6.33. The molecule has 2 saturated heterocycles. The molecule has 1 aromatic heterocycles. The summed E-state index contributed by atoms with van der Waals surface area (Å²) in [5.74, 6) is 0.701. The number of benzene rings is 1. The fourth-order valence-electron chi connectivity index (χ4n) is 4.49. The van der Waals surface area contributed by atoms with Crippen LogP contribution in [0.5, 0.6) is 11.5 Å². The minimum absolute atomic E-state index is 0.114. The number of pyridine rings is 1. The molecule has 2 aromatic rings. The van der Waals surface area contributed by atoms with Crippen molar-refractivity contribution in [1.29, 1.82) is 0 Å². The van der Waals surface area contributed by atoms with E-state index in [0.29, 0.717) is 29.4 Å². The number of primary amides is 1. The molecule has 3 aliphatic heterocycles. The number of nitrogens with zero attached hydrogens (tertiary/aromatic N) is 3. The van der Waals surface area contributed by atoms with E-state index in [0.717, 1.165) is 25.2 Å². The van der Waals surface area contributed by atoms with Gasteiger partial charge in [0.05, 0.1) is 23.7 Å². The third kappa shape index (κ3) is 4.28. The SMILES string of the molecule is NC(=O)C1CCCN(c2ccc(NC(=O)C3CC(=O)N(c4ccc5c(c4)OCO5)C3)cn2)C1. The zero-order chi connectivity index (χ0) is 22.9. The number of aromatic nitrogens is 1. The minimum Gasteiger partial charge on any atom is -0.454 e. The Morgan fingerprint density at radius 3 is 2.73 bits per heavy atom. The van der Waals surface area contributed by atoms with Crippen LogP contribution in [-0.4, -0.2) is 49.1 Å².